The molecule has 0 unspecified atom stereocenters. The first kappa shape index (κ1) is 20.8. The van der Waals surface area contributed by atoms with E-state index >= 15 is 0 Å². The summed E-state index contributed by atoms with van der Waals surface area (Å²) in [5, 5.41) is 1.78. The average molecular weight is 399 g/mol. The molecule has 1 aliphatic heterocycles. The Bertz CT molecular complexity index is 793. The first-order valence-electron chi connectivity index (χ1n) is 9.56. The number of rotatable bonds is 9. The van der Waals surface area contributed by atoms with Crippen molar-refractivity contribution in [1.82, 2.24) is 5.06 Å². The molecule has 7 heteroatoms. The van der Waals surface area contributed by atoms with Gasteiger partial charge in [-0.1, -0.05) is 30.3 Å². The Hall–Kier alpha value is -2.90. The fourth-order valence-electron chi connectivity index (χ4n) is 3.06. The lowest BCUT2D eigenvalue weighted by molar-refractivity contribution is -0.193. The predicted molar refractivity (Wildman–Crippen MR) is 105 cm³/mol. The Morgan fingerprint density at radius 1 is 1.07 bits per heavy atom. The summed E-state index contributed by atoms with van der Waals surface area (Å²) in [6.45, 7) is 1.27. The highest BCUT2D eigenvalue weighted by atomic mass is 16.7. The lowest BCUT2D eigenvalue weighted by Gasteiger charge is -2.23. The Morgan fingerprint density at radius 2 is 1.83 bits per heavy atom. The number of hydrogen-bond donors (Lipinski definition) is 0. The van der Waals surface area contributed by atoms with Crippen LogP contribution in [0.5, 0.6) is 5.75 Å². The molecule has 1 saturated heterocycles. The quantitative estimate of drug-likeness (QED) is 0.600. The number of hydrogen-bond acceptors (Lipinski definition) is 7. The maximum Gasteiger partial charge on any atom is 0.337 e. The summed E-state index contributed by atoms with van der Waals surface area (Å²) in [6.07, 6.45) is 1.88. The van der Waals surface area contributed by atoms with Crippen LogP contribution in [0.3, 0.4) is 0 Å². The topological polar surface area (TPSA) is 74.3 Å². The van der Waals surface area contributed by atoms with Crippen molar-refractivity contribution in [3.05, 3.63) is 65.7 Å². The molecule has 2 aromatic carbocycles. The number of carbonyl (C=O) groups is 2. The lowest BCUT2D eigenvalue weighted by atomic mass is 10.2. The van der Waals surface area contributed by atoms with E-state index in [9.17, 15) is 9.59 Å². The van der Waals surface area contributed by atoms with Gasteiger partial charge in [0.05, 0.1) is 18.7 Å². The van der Waals surface area contributed by atoms with Crippen molar-refractivity contribution in [3.63, 3.8) is 0 Å². The van der Waals surface area contributed by atoms with Gasteiger partial charge >= 0.3 is 11.9 Å². The molecule has 0 bridgehead atoms. The number of nitrogens with zero attached hydrogens (tertiary/aromatic N) is 1. The molecule has 2 aromatic rings. The summed E-state index contributed by atoms with van der Waals surface area (Å²) in [6, 6.07) is 16.4. The number of esters is 2. The second kappa shape index (κ2) is 10.6. The number of methoxy groups -OCH3 is 1. The third-order valence-corrected chi connectivity index (χ3v) is 4.63. The van der Waals surface area contributed by atoms with Crippen molar-refractivity contribution in [3.8, 4) is 5.75 Å². The van der Waals surface area contributed by atoms with Crippen molar-refractivity contribution in [2.75, 3.05) is 26.9 Å². The van der Waals surface area contributed by atoms with Crippen LogP contribution >= 0.6 is 0 Å². The van der Waals surface area contributed by atoms with E-state index in [4.69, 9.17) is 14.3 Å². The zero-order valence-corrected chi connectivity index (χ0v) is 16.4. The first-order valence-corrected chi connectivity index (χ1v) is 9.56. The molecular formula is C22H25NO6. The van der Waals surface area contributed by atoms with Crippen LogP contribution in [-0.4, -0.2) is 49.9 Å². The molecule has 0 saturated carbocycles. The largest absolute Gasteiger partial charge is 0.492 e. The minimum Gasteiger partial charge on any atom is -0.492 e. The number of hydroxylamine groups is 2. The molecule has 1 atom stereocenters. The smallest absolute Gasteiger partial charge is 0.337 e. The molecule has 29 heavy (non-hydrogen) atoms. The maximum atomic E-state index is 11.9. The molecule has 1 aliphatic rings. The molecule has 1 heterocycles. The van der Waals surface area contributed by atoms with E-state index in [1.807, 2.05) is 30.3 Å². The molecule has 3 rings (SSSR count). The summed E-state index contributed by atoms with van der Waals surface area (Å²) in [5.74, 6) is -0.128. The van der Waals surface area contributed by atoms with Crippen LogP contribution in [0.25, 0.3) is 0 Å². The highest BCUT2D eigenvalue weighted by Gasteiger charge is 2.27. The fourth-order valence-corrected chi connectivity index (χ4v) is 3.06. The fraction of sp³-hybridized carbons (Fsp3) is 0.364. The van der Waals surface area contributed by atoms with Crippen molar-refractivity contribution in [2.24, 2.45) is 0 Å². The van der Waals surface area contributed by atoms with Gasteiger partial charge in [0.2, 0.25) is 0 Å². The van der Waals surface area contributed by atoms with E-state index < -0.39 is 5.97 Å². The van der Waals surface area contributed by atoms with Crippen LogP contribution in [0.2, 0.25) is 0 Å². The minimum absolute atomic E-state index is 0.0530. The molecule has 154 valence electrons. The third-order valence-electron chi connectivity index (χ3n) is 4.63. The van der Waals surface area contributed by atoms with Crippen LogP contribution in [0, 0.1) is 0 Å². The summed E-state index contributed by atoms with van der Waals surface area (Å²) in [5.41, 5.74) is 1.41. The van der Waals surface area contributed by atoms with Crippen molar-refractivity contribution >= 4 is 11.9 Å². The first-order chi connectivity index (χ1) is 14.2. The molecule has 0 radical (unpaired) electrons. The molecule has 1 fully saturated rings. The second-order valence-electron chi connectivity index (χ2n) is 6.68. The molecule has 0 N–H and O–H groups in total. The number of carbonyl (C=O) groups excluding carboxylic acids is 2. The van der Waals surface area contributed by atoms with Crippen molar-refractivity contribution in [2.45, 2.75) is 25.5 Å². The zero-order valence-electron chi connectivity index (χ0n) is 16.4. The SMILES string of the molecule is COC(=O)c1ccc(OC[C@H]2CCCN2OCC(=O)OCc2ccccc2)cc1. The lowest BCUT2D eigenvalue weighted by Crippen LogP contribution is -2.36. The van der Waals surface area contributed by atoms with E-state index in [1.54, 1.807) is 29.3 Å². The van der Waals surface area contributed by atoms with Gasteiger partial charge in [0.1, 0.15) is 19.0 Å². The summed E-state index contributed by atoms with van der Waals surface area (Å²) >= 11 is 0. The minimum atomic E-state index is -0.404. The molecule has 0 aliphatic carbocycles. The van der Waals surface area contributed by atoms with E-state index in [0.29, 0.717) is 17.9 Å². The van der Waals surface area contributed by atoms with Crippen LogP contribution in [0.4, 0.5) is 0 Å². The van der Waals surface area contributed by atoms with E-state index in [0.717, 1.165) is 24.9 Å². The summed E-state index contributed by atoms with van der Waals surface area (Å²) in [7, 11) is 1.35. The molecule has 0 aromatic heterocycles. The molecule has 0 amide bonds. The standard InChI is InChI=1S/C22H25NO6/c1-26-22(25)18-9-11-20(12-10-18)27-15-19-8-5-13-23(19)29-16-21(24)28-14-17-6-3-2-4-7-17/h2-4,6-7,9-12,19H,5,8,13-16H2,1H3/t19-/m1/s1. The summed E-state index contributed by atoms with van der Waals surface area (Å²) in [4.78, 5) is 29.0. The summed E-state index contributed by atoms with van der Waals surface area (Å²) < 4.78 is 15.7. The van der Waals surface area contributed by atoms with Gasteiger partial charge < -0.3 is 14.2 Å². The van der Waals surface area contributed by atoms with E-state index in [-0.39, 0.29) is 25.2 Å². The normalized spacial score (nSPS) is 16.4. The highest BCUT2D eigenvalue weighted by molar-refractivity contribution is 5.89. The van der Waals surface area contributed by atoms with Gasteiger partial charge in [-0.25, -0.2) is 9.59 Å². The average Bonchev–Trinajstić information content (AvgIpc) is 3.22. The van der Waals surface area contributed by atoms with Gasteiger partial charge in [-0.3, -0.25) is 4.84 Å². The Labute approximate surface area is 170 Å². The monoisotopic (exact) mass is 399 g/mol. The second-order valence-corrected chi connectivity index (χ2v) is 6.68. The van der Waals surface area contributed by atoms with E-state index in [2.05, 4.69) is 4.74 Å². The maximum absolute atomic E-state index is 11.9. The highest BCUT2D eigenvalue weighted by Crippen LogP contribution is 2.20. The van der Waals surface area contributed by atoms with Gasteiger partial charge in [-0.05, 0) is 42.7 Å². The van der Waals surface area contributed by atoms with Gasteiger partial charge in [0.15, 0.2) is 6.61 Å². The Balaban J connectivity index is 1.40. The van der Waals surface area contributed by atoms with Crippen LogP contribution in [-0.2, 0) is 25.7 Å². The molecule has 0 spiro atoms. The number of benzene rings is 2. The molecule has 7 nitrogen and oxygen atoms in total. The van der Waals surface area contributed by atoms with E-state index in [1.165, 1.54) is 7.11 Å². The van der Waals surface area contributed by atoms with Crippen LogP contribution in [0.1, 0.15) is 28.8 Å². The Kier molecular flexibility index (Phi) is 7.61. The third kappa shape index (κ3) is 6.30. The Morgan fingerprint density at radius 3 is 2.55 bits per heavy atom. The van der Waals surface area contributed by atoms with Gasteiger partial charge in [-0.15, -0.1) is 0 Å². The van der Waals surface area contributed by atoms with Gasteiger partial charge in [0.25, 0.3) is 0 Å². The van der Waals surface area contributed by atoms with Crippen molar-refractivity contribution in [1.29, 1.82) is 0 Å². The van der Waals surface area contributed by atoms with Gasteiger partial charge in [0, 0.05) is 6.54 Å². The zero-order chi connectivity index (χ0) is 20.5. The molecular weight excluding hydrogens is 374 g/mol. The van der Waals surface area contributed by atoms with Crippen LogP contribution < -0.4 is 4.74 Å². The van der Waals surface area contributed by atoms with Gasteiger partial charge in [-0.2, -0.15) is 5.06 Å². The van der Waals surface area contributed by atoms with Crippen LogP contribution in [0.15, 0.2) is 54.6 Å². The number of ether oxygens (including phenoxy) is 3. The van der Waals surface area contributed by atoms with Crippen molar-refractivity contribution < 1.29 is 28.6 Å². The predicted octanol–water partition coefficient (Wildman–Crippen LogP) is 2.99.